The third-order valence-electron chi connectivity index (χ3n) is 2.24. The van der Waals surface area contributed by atoms with Crippen LogP contribution in [0.4, 0.5) is 0 Å². The van der Waals surface area contributed by atoms with Gasteiger partial charge in [-0.05, 0) is 12.5 Å². The van der Waals surface area contributed by atoms with Gasteiger partial charge in [0, 0.05) is 19.3 Å². The van der Waals surface area contributed by atoms with Crippen LogP contribution in [-0.4, -0.2) is 28.1 Å². The van der Waals surface area contributed by atoms with E-state index >= 15 is 0 Å². The minimum Gasteiger partial charge on any atom is -0.478 e. The quantitative estimate of drug-likeness (QED) is 0.676. The van der Waals surface area contributed by atoms with Gasteiger partial charge in [-0.15, -0.1) is 0 Å². The fraction of sp³-hybridized carbons (Fsp3) is 0.333. The maximum Gasteiger partial charge on any atom is 0.337 e. The number of carboxylic acids is 1. The standard InChI is InChI=1S/C9H10N2O3/c12-8-7-4-6(9(13)14)5-11(7)3-1-2-10-8/h4-5H,1-3H2,(H,10,12)(H,13,14). The molecule has 0 radical (unpaired) electrons. The number of aromatic nitrogens is 1. The molecule has 1 aromatic rings. The molecule has 0 atom stereocenters. The highest BCUT2D eigenvalue weighted by Gasteiger charge is 2.18. The number of nitrogens with one attached hydrogen (secondary N) is 1. The lowest BCUT2D eigenvalue weighted by atomic mass is 10.3. The summed E-state index contributed by atoms with van der Waals surface area (Å²) in [5.74, 6) is -1.20. The summed E-state index contributed by atoms with van der Waals surface area (Å²) in [5.41, 5.74) is 0.594. The maximum absolute atomic E-state index is 11.4. The van der Waals surface area contributed by atoms with E-state index in [1.807, 2.05) is 0 Å². The molecule has 2 N–H and O–H groups in total. The van der Waals surface area contributed by atoms with Crippen LogP contribution in [0.15, 0.2) is 12.3 Å². The number of rotatable bonds is 1. The number of aryl methyl sites for hydroxylation is 1. The van der Waals surface area contributed by atoms with Gasteiger partial charge in [-0.25, -0.2) is 4.79 Å². The van der Waals surface area contributed by atoms with Crippen molar-refractivity contribution in [2.45, 2.75) is 13.0 Å². The van der Waals surface area contributed by atoms with Crippen molar-refractivity contribution in [3.8, 4) is 0 Å². The van der Waals surface area contributed by atoms with E-state index in [1.165, 1.54) is 12.3 Å². The Balaban J connectivity index is 2.44. The Kier molecular flexibility index (Phi) is 1.99. The number of carboxylic acid groups (broad SMARTS) is 1. The first-order valence-electron chi connectivity index (χ1n) is 4.40. The Morgan fingerprint density at radius 2 is 2.36 bits per heavy atom. The number of aromatic carboxylic acids is 1. The highest BCUT2D eigenvalue weighted by molar-refractivity contribution is 5.97. The van der Waals surface area contributed by atoms with Crippen molar-refractivity contribution >= 4 is 11.9 Å². The highest BCUT2D eigenvalue weighted by atomic mass is 16.4. The normalized spacial score (nSPS) is 15.6. The molecule has 0 spiro atoms. The second kappa shape index (κ2) is 3.17. The molecule has 2 heterocycles. The van der Waals surface area contributed by atoms with Crippen LogP contribution in [-0.2, 0) is 6.54 Å². The van der Waals surface area contributed by atoms with Crippen LogP contribution in [0.5, 0.6) is 0 Å². The highest BCUT2D eigenvalue weighted by Crippen LogP contribution is 2.11. The third kappa shape index (κ3) is 1.37. The van der Waals surface area contributed by atoms with Crippen LogP contribution in [0.1, 0.15) is 27.3 Å². The molecule has 0 bridgehead atoms. The topological polar surface area (TPSA) is 71.3 Å². The van der Waals surface area contributed by atoms with E-state index in [0.717, 1.165) is 6.42 Å². The van der Waals surface area contributed by atoms with Gasteiger partial charge in [0.05, 0.1) is 5.56 Å². The summed E-state index contributed by atoms with van der Waals surface area (Å²) < 4.78 is 1.69. The molecule has 1 aliphatic rings. The number of amides is 1. The second-order valence-corrected chi connectivity index (χ2v) is 3.22. The molecule has 5 nitrogen and oxygen atoms in total. The Hall–Kier alpha value is -1.78. The summed E-state index contributed by atoms with van der Waals surface area (Å²) in [6.45, 7) is 1.32. The largest absolute Gasteiger partial charge is 0.478 e. The molecule has 14 heavy (non-hydrogen) atoms. The zero-order chi connectivity index (χ0) is 10.1. The van der Waals surface area contributed by atoms with E-state index in [9.17, 15) is 9.59 Å². The zero-order valence-corrected chi connectivity index (χ0v) is 7.49. The first-order valence-corrected chi connectivity index (χ1v) is 4.40. The number of hydrogen-bond donors (Lipinski definition) is 2. The molecule has 0 fully saturated rings. The van der Waals surface area contributed by atoms with Gasteiger partial charge in [-0.1, -0.05) is 0 Å². The average molecular weight is 194 g/mol. The molecule has 1 aromatic heterocycles. The predicted octanol–water partition coefficient (Wildman–Crippen LogP) is 0.320. The fourth-order valence-electron chi connectivity index (χ4n) is 1.54. The number of fused-ring (bicyclic) bond motifs is 1. The Morgan fingerprint density at radius 1 is 1.57 bits per heavy atom. The van der Waals surface area contributed by atoms with Crippen LogP contribution >= 0.6 is 0 Å². The van der Waals surface area contributed by atoms with E-state index in [-0.39, 0.29) is 11.5 Å². The van der Waals surface area contributed by atoms with E-state index in [4.69, 9.17) is 5.11 Å². The van der Waals surface area contributed by atoms with Gasteiger partial charge in [-0.3, -0.25) is 4.79 Å². The molecule has 1 amide bonds. The molecule has 0 saturated heterocycles. The van der Waals surface area contributed by atoms with Crippen molar-refractivity contribution in [2.24, 2.45) is 0 Å². The predicted molar refractivity (Wildman–Crippen MR) is 48.3 cm³/mol. The van der Waals surface area contributed by atoms with Gasteiger partial charge in [0.25, 0.3) is 5.91 Å². The Bertz CT molecular complexity index is 395. The number of nitrogens with zero attached hydrogens (tertiary/aromatic N) is 1. The van der Waals surface area contributed by atoms with Gasteiger partial charge >= 0.3 is 5.97 Å². The molecule has 0 aromatic carbocycles. The fourth-order valence-corrected chi connectivity index (χ4v) is 1.54. The minimum absolute atomic E-state index is 0.164. The Morgan fingerprint density at radius 3 is 3.07 bits per heavy atom. The monoisotopic (exact) mass is 194 g/mol. The van der Waals surface area contributed by atoms with E-state index < -0.39 is 5.97 Å². The van der Waals surface area contributed by atoms with Crippen LogP contribution in [0.3, 0.4) is 0 Å². The molecule has 1 aliphatic heterocycles. The van der Waals surface area contributed by atoms with Crippen LogP contribution < -0.4 is 5.32 Å². The van der Waals surface area contributed by atoms with Crippen molar-refractivity contribution in [3.63, 3.8) is 0 Å². The lowest BCUT2D eigenvalue weighted by Crippen LogP contribution is -2.22. The van der Waals surface area contributed by atoms with Crippen LogP contribution in [0, 0.1) is 0 Å². The minimum atomic E-state index is -1.00. The van der Waals surface area contributed by atoms with Crippen molar-refractivity contribution in [3.05, 3.63) is 23.5 Å². The molecular formula is C9H10N2O3. The number of carbonyl (C=O) groups excluding carboxylic acids is 1. The van der Waals surface area contributed by atoms with Gasteiger partial charge in [0.15, 0.2) is 0 Å². The zero-order valence-electron chi connectivity index (χ0n) is 7.49. The third-order valence-corrected chi connectivity index (χ3v) is 2.24. The maximum atomic E-state index is 11.4. The summed E-state index contributed by atoms with van der Waals surface area (Å²) >= 11 is 0. The molecule has 0 unspecified atom stereocenters. The molecular weight excluding hydrogens is 184 g/mol. The van der Waals surface area contributed by atoms with Gasteiger partial charge in [-0.2, -0.15) is 0 Å². The Labute approximate surface area is 80.3 Å². The summed E-state index contributed by atoms with van der Waals surface area (Å²) in [6.07, 6.45) is 2.33. The van der Waals surface area contributed by atoms with Crippen molar-refractivity contribution < 1.29 is 14.7 Å². The van der Waals surface area contributed by atoms with E-state index in [1.54, 1.807) is 4.57 Å². The molecule has 0 aliphatic carbocycles. The number of carbonyl (C=O) groups is 2. The number of hydrogen-bond acceptors (Lipinski definition) is 2. The summed E-state index contributed by atoms with van der Waals surface area (Å²) in [7, 11) is 0. The van der Waals surface area contributed by atoms with Gasteiger partial charge in [0.1, 0.15) is 5.69 Å². The smallest absolute Gasteiger partial charge is 0.337 e. The van der Waals surface area contributed by atoms with Crippen LogP contribution in [0.2, 0.25) is 0 Å². The molecule has 0 saturated carbocycles. The van der Waals surface area contributed by atoms with Gasteiger partial charge in [0.2, 0.25) is 0 Å². The summed E-state index contributed by atoms with van der Waals surface area (Å²) in [6, 6.07) is 1.41. The van der Waals surface area contributed by atoms with E-state index in [2.05, 4.69) is 5.32 Å². The lowest BCUT2D eigenvalue weighted by molar-refractivity contribution is 0.0696. The lowest BCUT2D eigenvalue weighted by Gasteiger charge is -1.99. The average Bonchev–Trinajstić information content (AvgIpc) is 2.49. The first kappa shape index (κ1) is 8.80. The van der Waals surface area contributed by atoms with E-state index in [0.29, 0.717) is 18.8 Å². The molecule has 5 heteroatoms. The first-order chi connectivity index (χ1) is 6.68. The van der Waals surface area contributed by atoms with Gasteiger partial charge < -0.3 is 15.0 Å². The second-order valence-electron chi connectivity index (χ2n) is 3.22. The van der Waals surface area contributed by atoms with Crippen LogP contribution in [0.25, 0.3) is 0 Å². The van der Waals surface area contributed by atoms with Crippen molar-refractivity contribution in [2.75, 3.05) is 6.54 Å². The summed E-state index contributed by atoms with van der Waals surface area (Å²) in [4.78, 5) is 22.1. The molecule has 74 valence electrons. The van der Waals surface area contributed by atoms with Crippen molar-refractivity contribution in [1.29, 1.82) is 0 Å². The van der Waals surface area contributed by atoms with Crippen molar-refractivity contribution in [1.82, 2.24) is 9.88 Å². The molecule has 2 rings (SSSR count). The SMILES string of the molecule is O=C(O)c1cc2n(c1)CCCNC2=O. The summed E-state index contributed by atoms with van der Waals surface area (Å²) in [5, 5.41) is 11.4.